The quantitative estimate of drug-likeness (QED) is 0.142. The Morgan fingerprint density at radius 3 is 1.50 bits per heavy atom. The SMILES string of the molecule is c1ccc(-c2ccc(-c3cc4ccccc4c4ccccc34)cc2N(c2ccc(-c3ccc(-c4cccc5ccccc45)cc3)cc2)c2ccc(-c3ccc4oc5ccccc5c4c3)cc2)cc1. The van der Waals surface area contributed by atoms with Crippen LogP contribution in [-0.2, 0) is 0 Å². The fourth-order valence-electron chi connectivity index (χ4n) is 10.3. The Morgan fingerprint density at radius 1 is 0.235 bits per heavy atom. The molecule has 0 radical (unpaired) electrons. The summed E-state index contributed by atoms with van der Waals surface area (Å²) < 4.78 is 6.19. The second-order valence-corrected chi connectivity index (χ2v) is 17.6. The van der Waals surface area contributed by atoms with Crippen LogP contribution >= 0.6 is 0 Å². The number of furan rings is 1. The molecule has 0 aliphatic heterocycles. The number of fused-ring (bicyclic) bond motifs is 7. The molecule has 0 bridgehead atoms. The molecular weight excluding hydrogens is 823 g/mol. The van der Waals surface area contributed by atoms with Gasteiger partial charge in [0.25, 0.3) is 0 Å². The number of para-hydroxylation sites is 1. The topological polar surface area (TPSA) is 16.4 Å². The standard InChI is InChI=1S/C66H43NO/c1-2-13-48(14-3-1)58-39-33-52(62-42-51-16-5-7-19-57(51)59-20-8-9-21-60(59)62)43-64(58)67(54-37-31-46(32-38-54)50-34-40-66-63(41-50)61-22-10-11-24-65(61)68-66)53-35-29-45(30-36-53)44-25-27-49(28-26-44)56-23-12-17-47-15-4-6-18-55(47)56/h1-43H. The van der Waals surface area contributed by atoms with E-state index in [0.717, 1.165) is 72.4 Å². The number of hydrogen-bond donors (Lipinski definition) is 0. The zero-order valence-corrected chi connectivity index (χ0v) is 37.2. The van der Waals surface area contributed by atoms with Crippen molar-refractivity contribution in [2.45, 2.75) is 0 Å². The largest absolute Gasteiger partial charge is 0.456 e. The van der Waals surface area contributed by atoms with E-state index in [4.69, 9.17) is 4.42 Å². The Morgan fingerprint density at radius 2 is 0.750 bits per heavy atom. The number of rotatable bonds is 8. The lowest BCUT2D eigenvalue weighted by atomic mass is 9.91. The predicted molar refractivity (Wildman–Crippen MR) is 288 cm³/mol. The van der Waals surface area contributed by atoms with Gasteiger partial charge in [0, 0.05) is 27.7 Å². The second kappa shape index (κ2) is 16.5. The average molecular weight is 866 g/mol. The summed E-state index contributed by atoms with van der Waals surface area (Å²) in [7, 11) is 0. The normalized spacial score (nSPS) is 11.5. The van der Waals surface area contributed by atoms with Crippen LogP contribution < -0.4 is 4.90 Å². The molecule has 1 aromatic heterocycles. The highest BCUT2D eigenvalue weighted by molar-refractivity contribution is 6.14. The van der Waals surface area contributed by atoms with Crippen LogP contribution in [0.5, 0.6) is 0 Å². The van der Waals surface area contributed by atoms with Gasteiger partial charge < -0.3 is 9.32 Å². The summed E-state index contributed by atoms with van der Waals surface area (Å²) >= 11 is 0. The molecule has 0 atom stereocenters. The van der Waals surface area contributed by atoms with Gasteiger partial charge in [-0.15, -0.1) is 0 Å². The maximum Gasteiger partial charge on any atom is 0.135 e. The fourth-order valence-corrected chi connectivity index (χ4v) is 10.3. The fraction of sp³-hybridized carbons (Fsp3) is 0. The van der Waals surface area contributed by atoms with Crippen LogP contribution in [0.2, 0.25) is 0 Å². The van der Waals surface area contributed by atoms with E-state index in [1.807, 2.05) is 12.1 Å². The minimum atomic E-state index is 0.898. The second-order valence-electron chi connectivity index (χ2n) is 17.6. The highest BCUT2D eigenvalue weighted by Gasteiger charge is 2.21. The molecule has 0 aliphatic rings. The van der Waals surface area contributed by atoms with E-state index in [-0.39, 0.29) is 0 Å². The monoisotopic (exact) mass is 865 g/mol. The highest BCUT2D eigenvalue weighted by Crippen LogP contribution is 2.46. The van der Waals surface area contributed by atoms with Crippen LogP contribution in [0.25, 0.3) is 110 Å². The summed E-state index contributed by atoms with van der Waals surface area (Å²) in [5, 5.41) is 9.74. The molecule has 2 nitrogen and oxygen atoms in total. The maximum atomic E-state index is 6.19. The number of hydrogen-bond acceptors (Lipinski definition) is 2. The third-order valence-electron chi connectivity index (χ3n) is 13.7. The molecule has 0 saturated heterocycles. The third kappa shape index (κ3) is 6.90. The molecule has 1 heterocycles. The van der Waals surface area contributed by atoms with Gasteiger partial charge in [0.1, 0.15) is 11.2 Å². The molecule has 0 fully saturated rings. The molecule has 2 heteroatoms. The lowest BCUT2D eigenvalue weighted by molar-refractivity contribution is 0.669. The molecule has 0 aliphatic carbocycles. The molecule has 68 heavy (non-hydrogen) atoms. The summed E-state index contributed by atoms with van der Waals surface area (Å²) in [6.45, 7) is 0. The zero-order valence-electron chi connectivity index (χ0n) is 37.2. The van der Waals surface area contributed by atoms with Gasteiger partial charge in [-0.3, -0.25) is 0 Å². The van der Waals surface area contributed by atoms with E-state index in [1.54, 1.807) is 0 Å². The van der Waals surface area contributed by atoms with Crippen molar-refractivity contribution in [1.82, 2.24) is 0 Å². The first-order chi connectivity index (χ1) is 33.7. The van der Waals surface area contributed by atoms with Crippen molar-refractivity contribution in [2.24, 2.45) is 0 Å². The lowest BCUT2D eigenvalue weighted by Gasteiger charge is -2.29. The van der Waals surface area contributed by atoms with Gasteiger partial charge in [0.05, 0.1) is 5.69 Å². The maximum absolute atomic E-state index is 6.19. The summed E-state index contributed by atoms with van der Waals surface area (Å²) in [6.07, 6.45) is 0. The molecule has 13 rings (SSSR count). The van der Waals surface area contributed by atoms with Crippen molar-refractivity contribution >= 4 is 71.3 Å². The lowest BCUT2D eigenvalue weighted by Crippen LogP contribution is -2.11. The van der Waals surface area contributed by atoms with E-state index in [1.165, 1.54) is 54.6 Å². The molecule has 318 valence electrons. The molecular formula is C66H43NO. The van der Waals surface area contributed by atoms with E-state index in [9.17, 15) is 0 Å². The Balaban J connectivity index is 0.956. The smallest absolute Gasteiger partial charge is 0.135 e. The van der Waals surface area contributed by atoms with E-state index < -0.39 is 0 Å². The molecule has 0 N–H and O–H groups in total. The molecule has 12 aromatic carbocycles. The highest BCUT2D eigenvalue weighted by atomic mass is 16.3. The average Bonchev–Trinajstić information content (AvgIpc) is 3.79. The van der Waals surface area contributed by atoms with Gasteiger partial charge in [-0.05, 0) is 137 Å². The van der Waals surface area contributed by atoms with Gasteiger partial charge in [0.15, 0.2) is 0 Å². The van der Waals surface area contributed by atoms with Crippen molar-refractivity contribution < 1.29 is 4.42 Å². The summed E-state index contributed by atoms with van der Waals surface area (Å²) in [6, 6.07) is 94.7. The Labute approximate surface area is 395 Å². The van der Waals surface area contributed by atoms with Gasteiger partial charge >= 0.3 is 0 Å². The van der Waals surface area contributed by atoms with Gasteiger partial charge in [-0.2, -0.15) is 0 Å². The van der Waals surface area contributed by atoms with Crippen LogP contribution in [0.4, 0.5) is 17.1 Å². The third-order valence-corrected chi connectivity index (χ3v) is 13.7. The molecule has 13 aromatic rings. The van der Waals surface area contributed by atoms with E-state index in [0.29, 0.717) is 0 Å². The number of anilines is 3. The van der Waals surface area contributed by atoms with Crippen LogP contribution in [0.1, 0.15) is 0 Å². The van der Waals surface area contributed by atoms with Crippen LogP contribution in [0, 0.1) is 0 Å². The summed E-state index contributed by atoms with van der Waals surface area (Å²) in [4.78, 5) is 2.43. The first kappa shape index (κ1) is 39.4. The number of nitrogens with zero attached hydrogens (tertiary/aromatic N) is 1. The van der Waals surface area contributed by atoms with E-state index in [2.05, 4.69) is 254 Å². The Hall–Kier alpha value is -8.98. The molecule has 0 amide bonds. The van der Waals surface area contributed by atoms with Crippen molar-refractivity contribution in [1.29, 1.82) is 0 Å². The first-order valence-corrected chi connectivity index (χ1v) is 23.3. The van der Waals surface area contributed by atoms with Crippen molar-refractivity contribution in [3.8, 4) is 55.6 Å². The predicted octanol–water partition coefficient (Wildman–Crippen LogP) is 18.9. The first-order valence-electron chi connectivity index (χ1n) is 23.3. The summed E-state index contributed by atoms with van der Waals surface area (Å²) in [5.74, 6) is 0. The van der Waals surface area contributed by atoms with Crippen molar-refractivity contribution in [3.63, 3.8) is 0 Å². The van der Waals surface area contributed by atoms with Crippen molar-refractivity contribution in [2.75, 3.05) is 4.90 Å². The molecule has 0 unspecified atom stereocenters. The summed E-state index contributed by atoms with van der Waals surface area (Å²) in [5.41, 5.74) is 16.8. The van der Waals surface area contributed by atoms with Gasteiger partial charge in [-0.25, -0.2) is 0 Å². The minimum Gasteiger partial charge on any atom is -0.456 e. The van der Waals surface area contributed by atoms with Crippen LogP contribution in [-0.4, -0.2) is 0 Å². The van der Waals surface area contributed by atoms with Crippen LogP contribution in [0.3, 0.4) is 0 Å². The van der Waals surface area contributed by atoms with Crippen molar-refractivity contribution in [3.05, 3.63) is 261 Å². The van der Waals surface area contributed by atoms with E-state index >= 15 is 0 Å². The van der Waals surface area contributed by atoms with Gasteiger partial charge in [-0.1, -0.05) is 206 Å². The number of benzene rings is 12. The van der Waals surface area contributed by atoms with Gasteiger partial charge in [0.2, 0.25) is 0 Å². The molecule has 0 spiro atoms. The zero-order chi connectivity index (χ0) is 45.0. The Bertz CT molecular complexity index is 3990. The van der Waals surface area contributed by atoms with Crippen LogP contribution in [0.15, 0.2) is 265 Å². The Kier molecular flexibility index (Phi) is 9.54. The minimum absolute atomic E-state index is 0.898. The molecule has 0 saturated carbocycles.